The molecular weight excluding hydrogens is 398 g/mol. The molecule has 1 aliphatic rings. The van der Waals surface area contributed by atoms with Crippen LogP contribution in [0.2, 0.25) is 0 Å². The highest BCUT2D eigenvalue weighted by molar-refractivity contribution is 5.97. The molecule has 0 N–H and O–H groups in total. The summed E-state index contributed by atoms with van der Waals surface area (Å²) < 4.78 is 2.03. The molecule has 1 heterocycles. The number of amides is 2. The van der Waals surface area contributed by atoms with Gasteiger partial charge in [-0.25, -0.2) is 0 Å². The highest BCUT2D eigenvalue weighted by Crippen LogP contribution is 2.28. The molecule has 2 amide bonds. The Morgan fingerprint density at radius 3 is 2.22 bits per heavy atom. The van der Waals surface area contributed by atoms with Crippen LogP contribution in [-0.2, 0) is 31.4 Å². The maximum Gasteiger partial charge on any atom is 0.254 e. The number of hydrogen-bond donors (Lipinski definition) is 0. The van der Waals surface area contributed by atoms with Crippen molar-refractivity contribution in [1.29, 1.82) is 0 Å². The lowest BCUT2D eigenvalue weighted by atomic mass is 10.1. The van der Waals surface area contributed by atoms with Gasteiger partial charge in [0.25, 0.3) is 5.91 Å². The van der Waals surface area contributed by atoms with Gasteiger partial charge in [0.15, 0.2) is 0 Å². The predicted octanol–water partition coefficient (Wildman–Crippen LogP) is 4.42. The molecule has 5 heteroatoms. The second-order valence-corrected chi connectivity index (χ2v) is 8.56. The maximum absolute atomic E-state index is 13.5. The topological polar surface area (TPSA) is 45.6 Å². The molecule has 1 aromatic heterocycles. The lowest BCUT2D eigenvalue weighted by Crippen LogP contribution is -2.43. The van der Waals surface area contributed by atoms with Gasteiger partial charge in [0.05, 0.1) is 6.54 Å². The van der Waals surface area contributed by atoms with Gasteiger partial charge in [-0.15, -0.1) is 0 Å². The van der Waals surface area contributed by atoms with Gasteiger partial charge in [-0.3, -0.25) is 9.59 Å². The summed E-state index contributed by atoms with van der Waals surface area (Å²) in [6, 6.07) is 21.9. The molecule has 2 aromatic carbocycles. The fourth-order valence-corrected chi connectivity index (χ4v) is 3.94. The van der Waals surface area contributed by atoms with E-state index in [1.807, 2.05) is 89.4 Å². The quantitative estimate of drug-likeness (QED) is 0.505. The summed E-state index contributed by atoms with van der Waals surface area (Å²) in [5, 5.41) is 0. The molecule has 32 heavy (non-hydrogen) atoms. The molecule has 1 fully saturated rings. The van der Waals surface area contributed by atoms with Crippen LogP contribution in [0.3, 0.4) is 0 Å². The number of aromatic nitrogens is 1. The van der Waals surface area contributed by atoms with Crippen LogP contribution in [0.4, 0.5) is 0 Å². The summed E-state index contributed by atoms with van der Waals surface area (Å²) in [7, 11) is 1.99. The van der Waals surface area contributed by atoms with Gasteiger partial charge in [0.1, 0.15) is 6.54 Å². The molecule has 4 rings (SSSR count). The van der Waals surface area contributed by atoms with Gasteiger partial charge < -0.3 is 14.4 Å². The number of aryl methyl sites for hydroxylation is 2. The van der Waals surface area contributed by atoms with Crippen LogP contribution in [0, 0.1) is 0 Å². The predicted molar refractivity (Wildman–Crippen MR) is 126 cm³/mol. The van der Waals surface area contributed by atoms with Crippen molar-refractivity contribution in [2.75, 3.05) is 6.54 Å². The zero-order valence-electron chi connectivity index (χ0n) is 18.9. The maximum atomic E-state index is 13.5. The van der Waals surface area contributed by atoms with Gasteiger partial charge in [0, 0.05) is 37.1 Å². The van der Waals surface area contributed by atoms with E-state index in [1.165, 1.54) is 5.56 Å². The van der Waals surface area contributed by atoms with Crippen LogP contribution in [0.25, 0.3) is 0 Å². The highest BCUT2D eigenvalue weighted by atomic mass is 16.2. The van der Waals surface area contributed by atoms with E-state index in [0.717, 1.165) is 30.5 Å². The number of hydrogen-bond acceptors (Lipinski definition) is 2. The third kappa shape index (κ3) is 5.28. The van der Waals surface area contributed by atoms with Gasteiger partial charge in [0.2, 0.25) is 5.91 Å². The summed E-state index contributed by atoms with van der Waals surface area (Å²) in [5.41, 5.74) is 3.99. The first kappa shape index (κ1) is 21.9. The van der Waals surface area contributed by atoms with Gasteiger partial charge in [-0.05, 0) is 54.7 Å². The lowest BCUT2D eigenvalue weighted by molar-refractivity contribution is -0.133. The van der Waals surface area contributed by atoms with E-state index in [9.17, 15) is 9.59 Å². The standard InChI is InChI=1S/C27H31N3O2/c1-3-21-11-13-23(14-12-21)27(32)30(24-15-16-24)20-26(31)29(18-22-8-5-4-6-9-22)19-25-10-7-17-28(25)2/h4-14,17,24H,3,15-16,18-20H2,1-2H3. The Hall–Kier alpha value is -3.34. The first-order valence-corrected chi connectivity index (χ1v) is 11.4. The van der Waals surface area contributed by atoms with Crippen LogP contribution in [0.15, 0.2) is 72.9 Å². The number of carbonyl (C=O) groups is 2. The molecule has 0 aliphatic heterocycles. The van der Waals surface area contributed by atoms with Crippen molar-refractivity contribution < 1.29 is 9.59 Å². The van der Waals surface area contributed by atoms with E-state index in [1.54, 1.807) is 4.90 Å². The second kappa shape index (κ2) is 9.86. The average Bonchev–Trinajstić information content (AvgIpc) is 3.59. The Bertz CT molecular complexity index is 1050. The zero-order valence-corrected chi connectivity index (χ0v) is 18.9. The van der Waals surface area contributed by atoms with Crippen molar-refractivity contribution in [1.82, 2.24) is 14.4 Å². The highest BCUT2D eigenvalue weighted by Gasteiger charge is 2.35. The first-order chi connectivity index (χ1) is 15.5. The van der Waals surface area contributed by atoms with Crippen molar-refractivity contribution in [2.45, 2.75) is 45.3 Å². The molecule has 1 aliphatic carbocycles. The summed E-state index contributed by atoms with van der Waals surface area (Å²) >= 11 is 0. The molecule has 0 bridgehead atoms. The van der Waals surface area contributed by atoms with Crippen LogP contribution < -0.4 is 0 Å². The van der Waals surface area contributed by atoms with E-state index in [4.69, 9.17) is 0 Å². The molecule has 1 saturated carbocycles. The van der Waals surface area contributed by atoms with E-state index in [2.05, 4.69) is 6.92 Å². The lowest BCUT2D eigenvalue weighted by Gasteiger charge is -2.28. The van der Waals surface area contributed by atoms with Crippen molar-refractivity contribution in [3.05, 3.63) is 95.3 Å². The smallest absolute Gasteiger partial charge is 0.254 e. The number of benzene rings is 2. The zero-order chi connectivity index (χ0) is 22.5. The summed E-state index contributed by atoms with van der Waals surface area (Å²) in [6.07, 6.45) is 4.85. The van der Waals surface area contributed by atoms with E-state index in [-0.39, 0.29) is 24.4 Å². The van der Waals surface area contributed by atoms with Crippen LogP contribution in [0.1, 0.15) is 46.9 Å². The fourth-order valence-electron chi connectivity index (χ4n) is 3.94. The second-order valence-electron chi connectivity index (χ2n) is 8.56. The Morgan fingerprint density at radius 1 is 0.906 bits per heavy atom. The minimum Gasteiger partial charge on any atom is -0.353 e. The van der Waals surface area contributed by atoms with Crippen molar-refractivity contribution in [3.63, 3.8) is 0 Å². The Labute approximate surface area is 190 Å². The minimum absolute atomic E-state index is 0.0273. The van der Waals surface area contributed by atoms with E-state index in [0.29, 0.717) is 18.7 Å². The average molecular weight is 430 g/mol. The monoisotopic (exact) mass is 429 g/mol. The van der Waals surface area contributed by atoms with Gasteiger partial charge in [-0.1, -0.05) is 49.4 Å². The molecule has 166 valence electrons. The molecule has 5 nitrogen and oxygen atoms in total. The number of carbonyl (C=O) groups excluding carboxylic acids is 2. The third-order valence-electron chi connectivity index (χ3n) is 6.14. The Kier molecular flexibility index (Phi) is 6.74. The Morgan fingerprint density at radius 2 is 1.62 bits per heavy atom. The molecule has 0 unspecified atom stereocenters. The van der Waals surface area contributed by atoms with Crippen molar-refractivity contribution in [2.24, 2.45) is 7.05 Å². The normalized spacial score (nSPS) is 13.1. The van der Waals surface area contributed by atoms with Crippen LogP contribution >= 0.6 is 0 Å². The van der Waals surface area contributed by atoms with Crippen LogP contribution in [-0.4, -0.2) is 38.8 Å². The van der Waals surface area contributed by atoms with Crippen LogP contribution in [0.5, 0.6) is 0 Å². The molecule has 0 atom stereocenters. The molecule has 0 radical (unpaired) electrons. The number of nitrogens with zero attached hydrogens (tertiary/aromatic N) is 3. The third-order valence-corrected chi connectivity index (χ3v) is 6.14. The Balaban J connectivity index is 1.52. The SMILES string of the molecule is CCc1ccc(C(=O)N(CC(=O)N(Cc2ccccc2)Cc2cccn2C)C2CC2)cc1. The summed E-state index contributed by atoms with van der Waals surface area (Å²) in [4.78, 5) is 30.4. The van der Waals surface area contributed by atoms with Gasteiger partial charge >= 0.3 is 0 Å². The number of rotatable bonds is 9. The molecular formula is C27H31N3O2. The van der Waals surface area contributed by atoms with Crippen molar-refractivity contribution in [3.8, 4) is 0 Å². The van der Waals surface area contributed by atoms with E-state index >= 15 is 0 Å². The molecule has 3 aromatic rings. The fraction of sp³-hybridized carbons (Fsp3) is 0.333. The summed E-state index contributed by atoms with van der Waals surface area (Å²) in [6.45, 7) is 3.23. The first-order valence-electron chi connectivity index (χ1n) is 11.4. The molecule has 0 spiro atoms. The summed E-state index contributed by atoms with van der Waals surface area (Å²) in [5.74, 6) is -0.0810. The molecule has 0 saturated heterocycles. The minimum atomic E-state index is -0.0537. The van der Waals surface area contributed by atoms with Gasteiger partial charge in [-0.2, -0.15) is 0 Å². The van der Waals surface area contributed by atoms with E-state index < -0.39 is 0 Å². The van der Waals surface area contributed by atoms with Crippen molar-refractivity contribution >= 4 is 11.8 Å². The largest absolute Gasteiger partial charge is 0.353 e.